The third-order valence-corrected chi connectivity index (χ3v) is 2.64. The van der Waals surface area contributed by atoms with E-state index in [0.29, 0.717) is 17.4 Å². The zero-order valence-corrected chi connectivity index (χ0v) is 9.75. The highest BCUT2D eigenvalue weighted by Crippen LogP contribution is 2.27. The summed E-state index contributed by atoms with van der Waals surface area (Å²) in [6.45, 7) is 1.98. The summed E-state index contributed by atoms with van der Waals surface area (Å²) in [4.78, 5) is 4.31. The van der Waals surface area contributed by atoms with Gasteiger partial charge in [0.25, 0.3) is 5.89 Å². The number of nitrogen functional groups attached to an aromatic ring is 1. The van der Waals surface area contributed by atoms with Gasteiger partial charge in [0.1, 0.15) is 6.26 Å². The molecule has 3 aromatic rings. The molecule has 5 heteroatoms. The monoisotopic (exact) mass is 241 g/mol. The first-order valence-corrected chi connectivity index (χ1v) is 5.47. The number of furan rings is 1. The molecule has 0 aliphatic heterocycles. The van der Waals surface area contributed by atoms with Gasteiger partial charge in [0.15, 0.2) is 0 Å². The van der Waals surface area contributed by atoms with Crippen LogP contribution in [-0.4, -0.2) is 10.1 Å². The second kappa shape index (κ2) is 4.03. The molecule has 3 rings (SSSR count). The van der Waals surface area contributed by atoms with Crippen LogP contribution in [0.5, 0.6) is 0 Å². The van der Waals surface area contributed by atoms with Crippen LogP contribution in [-0.2, 0) is 0 Å². The molecule has 0 saturated carbocycles. The summed E-state index contributed by atoms with van der Waals surface area (Å²) >= 11 is 0. The van der Waals surface area contributed by atoms with Gasteiger partial charge in [-0.3, -0.25) is 0 Å². The Morgan fingerprint density at radius 1 is 1.22 bits per heavy atom. The van der Waals surface area contributed by atoms with Gasteiger partial charge in [-0.1, -0.05) is 16.8 Å². The molecule has 2 N–H and O–H groups in total. The van der Waals surface area contributed by atoms with Gasteiger partial charge in [-0.05, 0) is 25.1 Å². The third kappa shape index (κ3) is 1.75. The lowest BCUT2D eigenvalue weighted by atomic mass is 10.1. The van der Waals surface area contributed by atoms with Crippen molar-refractivity contribution >= 4 is 5.69 Å². The van der Waals surface area contributed by atoms with E-state index in [4.69, 9.17) is 14.7 Å². The van der Waals surface area contributed by atoms with Gasteiger partial charge in [-0.25, -0.2) is 0 Å². The van der Waals surface area contributed by atoms with Crippen LogP contribution in [0.15, 0.2) is 45.7 Å². The number of aryl methyl sites for hydroxylation is 1. The normalized spacial score (nSPS) is 10.7. The number of anilines is 1. The van der Waals surface area contributed by atoms with Crippen molar-refractivity contribution in [2.45, 2.75) is 6.92 Å². The van der Waals surface area contributed by atoms with E-state index in [9.17, 15) is 0 Å². The molecule has 90 valence electrons. The molecule has 0 saturated heterocycles. The molecule has 0 atom stereocenters. The molecule has 0 amide bonds. The van der Waals surface area contributed by atoms with Crippen LogP contribution in [0, 0.1) is 6.92 Å². The molecule has 0 fully saturated rings. The fraction of sp³-hybridized carbons (Fsp3) is 0.0769. The van der Waals surface area contributed by atoms with Crippen molar-refractivity contribution in [3.63, 3.8) is 0 Å². The topological polar surface area (TPSA) is 78.1 Å². The second-order valence-corrected chi connectivity index (χ2v) is 4.03. The summed E-state index contributed by atoms with van der Waals surface area (Å²) < 4.78 is 10.2. The van der Waals surface area contributed by atoms with Crippen LogP contribution < -0.4 is 5.73 Å². The number of aromatic nitrogens is 2. The van der Waals surface area contributed by atoms with E-state index in [1.54, 1.807) is 18.6 Å². The smallest absolute Gasteiger partial charge is 0.260 e. The highest BCUT2D eigenvalue weighted by molar-refractivity contribution is 5.72. The van der Waals surface area contributed by atoms with Crippen LogP contribution >= 0.6 is 0 Å². The maximum atomic E-state index is 5.90. The maximum Gasteiger partial charge on any atom is 0.260 e. The van der Waals surface area contributed by atoms with E-state index in [1.165, 1.54) is 0 Å². The van der Waals surface area contributed by atoms with Gasteiger partial charge < -0.3 is 14.7 Å². The molecular weight excluding hydrogens is 230 g/mol. The zero-order chi connectivity index (χ0) is 12.5. The Kier molecular flexibility index (Phi) is 2.37. The van der Waals surface area contributed by atoms with Crippen LogP contribution in [0.2, 0.25) is 0 Å². The van der Waals surface area contributed by atoms with E-state index >= 15 is 0 Å². The third-order valence-electron chi connectivity index (χ3n) is 2.64. The average Bonchev–Trinajstić information content (AvgIpc) is 3.00. The van der Waals surface area contributed by atoms with Crippen molar-refractivity contribution in [3.05, 3.63) is 42.4 Å². The van der Waals surface area contributed by atoms with E-state index in [-0.39, 0.29) is 0 Å². The molecule has 1 aromatic carbocycles. The Bertz CT molecular complexity index is 671. The lowest BCUT2D eigenvalue weighted by molar-refractivity contribution is 0.432. The Morgan fingerprint density at radius 2 is 2.11 bits per heavy atom. The SMILES string of the molecule is Cc1ccc(N)c(-c2nc(-c3ccoc3)no2)c1. The van der Waals surface area contributed by atoms with Crippen LogP contribution in [0.25, 0.3) is 22.8 Å². The van der Waals surface area contributed by atoms with E-state index in [2.05, 4.69) is 10.1 Å². The highest BCUT2D eigenvalue weighted by Gasteiger charge is 2.13. The van der Waals surface area contributed by atoms with Crippen molar-refractivity contribution in [1.82, 2.24) is 10.1 Å². The Hall–Kier alpha value is -2.56. The first-order chi connectivity index (χ1) is 8.74. The molecule has 2 aromatic heterocycles. The van der Waals surface area contributed by atoms with E-state index in [1.807, 2.05) is 25.1 Å². The molecule has 0 aliphatic rings. The van der Waals surface area contributed by atoms with E-state index < -0.39 is 0 Å². The van der Waals surface area contributed by atoms with Crippen molar-refractivity contribution < 1.29 is 8.94 Å². The molecule has 0 aliphatic carbocycles. The molecule has 0 bridgehead atoms. The Balaban J connectivity index is 2.05. The summed E-state index contributed by atoms with van der Waals surface area (Å²) in [5.74, 6) is 0.895. The van der Waals surface area contributed by atoms with Crippen molar-refractivity contribution in [2.75, 3.05) is 5.73 Å². The number of nitrogens with zero attached hydrogens (tertiary/aromatic N) is 2. The van der Waals surface area contributed by atoms with Gasteiger partial charge in [-0.15, -0.1) is 0 Å². The number of rotatable bonds is 2. The largest absolute Gasteiger partial charge is 0.472 e. The van der Waals surface area contributed by atoms with Gasteiger partial charge in [0, 0.05) is 5.69 Å². The van der Waals surface area contributed by atoms with Crippen molar-refractivity contribution in [1.29, 1.82) is 0 Å². The maximum absolute atomic E-state index is 5.90. The molecule has 2 heterocycles. The molecule has 0 unspecified atom stereocenters. The van der Waals surface area contributed by atoms with Gasteiger partial charge in [0.05, 0.1) is 17.4 Å². The first-order valence-electron chi connectivity index (χ1n) is 5.47. The molecule has 18 heavy (non-hydrogen) atoms. The van der Waals surface area contributed by atoms with Gasteiger partial charge in [-0.2, -0.15) is 4.98 Å². The standard InChI is InChI=1S/C13H11N3O2/c1-8-2-3-11(14)10(6-8)13-15-12(16-18-13)9-4-5-17-7-9/h2-7H,14H2,1H3. The lowest BCUT2D eigenvalue weighted by Gasteiger charge is -2.01. The predicted molar refractivity (Wildman–Crippen MR) is 66.6 cm³/mol. The van der Waals surface area contributed by atoms with Crippen molar-refractivity contribution in [3.8, 4) is 22.8 Å². The fourth-order valence-electron chi connectivity index (χ4n) is 1.70. The number of nitrogens with two attached hydrogens (primary N) is 1. The summed E-state index contributed by atoms with van der Waals surface area (Å²) in [6, 6.07) is 7.45. The van der Waals surface area contributed by atoms with E-state index in [0.717, 1.165) is 16.7 Å². The van der Waals surface area contributed by atoms with Crippen molar-refractivity contribution in [2.24, 2.45) is 0 Å². The van der Waals surface area contributed by atoms with Crippen LogP contribution in [0.1, 0.15) is 5.56 Å². The van der Waals surface area contributed by atoms with Crippen LogP contribution in [0.4, 0.5) is 5.69 Å². The molecular formula is C13H11N3O2. The minimum absolute atomic E-state index is 0.410. The number of benzene rings is 1. The summed E-state index contributed by atoms with van der Waals surface area (Å²) in [7, 11) is 0. The van der Waals surface area contributed by atoms with Crippen LogP contribution in [0.3, 0.4) is 0 Å². The summed E-state index contributed by atoms with van der Waals surface area (Å²) in [5, 5.41) is 3.90. The second-order valence-electron chi connectivity index (χ2n) is 4.03. The average molecular weight is 241 g/mol. The lowest BCUT2D eigenvalue weighted by Crippen LogP contribution is -1.90. The molecule has 0 radical (unpaired) electrons. The Morgan fingerprint density at radius 3 is 2.89 bits per heavy atom. The predicted octanol–water partition coefficient (Wildman–Crippen LogP) is 2.89. The fourth-order valence-corrected chi connectivity index (χ4v) is 1.70. The minimum atomic E-state index is 0.410. The highest BCUT2D eigenvalue weighted by atomic mass is 16.5. The molecule has 0 spiro atoms. The minimum Gasteiger partial charge on any atom is -0.472 e. The number of hydrogen-bond acceptors (Lipinski definition) is 5. The first kappa shape index (κ1) is 10.6. The quantitative estimate of drug-likeness (QED) is 0.698. The number of hydrogen-bond donors (Lipinski definition) is 1. The van der Waals surface area contributed by atoms with Gasteiger partial charge in [0.2, 0.25) is 5.82 Å². The van der Waals surface area contributed by atoms with Gasteiger partial charge >= 0.3 is 0 Å². The molecule has 5 nitrogen and oxygen atoms in total. The Labute approximate surface area is 103 Å². The summed E-state index contributed by atoms with van der Waals surface area (Å²) in [6.07, 6.45) is 3.13. The zero-order valence-electron chi connectivity index (χ0n) is 9.75. The summed E-state index contributed by atoms with van der Waals surface area (Å²) in [5.41, 5.74) is 9.12.